The molecule has 0 fully saturated rings. The van der Waals surface area contributed by atoms with E-state index in [0.29, 0.717) is 13.1 Å². The van der Waals surface area contributed by atoms with Crippen molar-refractivity contribution < 1.29 is 4.79 Å². The van der Waals surface area contributed by atoms with Crippen molar-refractivity contribution in [1.29, 1.82) is 0 Å². The van der Waals surface area contributed by atoms with Crippen LogP contribution in [0.15, 0.2) is 24.3 Å². The van der Waals surface area contributed by atoms with Gasteiger partial charge in [0.25, 0.3) is 0 Å². The van der Waals surface area contributed by atoms with E-state index >= 15 is 0 Å². The molecule has 0 atom stereocenters. The van der Waals surface area contributed by atoms with E-state index in [1.807, 2.05) is 35.1 Å². The number of aromatic nitrogens is 2. The van der Waals surface area contributed by atoms with Crippen molar-refractivity contribution in [2.24, 2.45) is 0 Å². The van der Waals surface area contributed by atoms with E-state index < -0.39 is 0 Å². The molecule has 2 aromatic rings. The maximum Gasteiger partial charge on any atom is 0.240 e. The Bertz CT molecular complexity index is 611. The Labute approximate surface area is 135 Å². The third-order valence-corrected chi connectivity index (χ3v) is 3.91. The van der Waals surface area contributed by atoms with E-state index in [4.69, 9.17) is 0 Å². The molecular formula is C16H24N4OS. The number of fused-ring (bicyclic) bond motifs is 1. The normalized spacial score (nSPS) is 11.0. The van der Waals surface area contributed by atoms with Gasteiger partial charge in [-0.15, -0.1) is 0 Å². The molecule has 120 valence electrons. The maximum atomic E-state index is 12.1. The molecule has 0 saturated carbocycles. The van der Waals surface area contributed by atoms with Crippen LogP contribution in [0.4, 0.5) is 0 Å². The minimum absolute atomic E-state index is 0.0313. The van der Waals surface area contributed by atoms with Crippen LogP contribution in [-0.4, -0.2) is 41.3 Å². The largest absolute Gasteiger partial charge is 0.353 e. The number of thioether (sulfide) groups is 1. The smallest absolute Gasteiger partial charge is 0.240 e. The molecule has 1 heterocycles. The van der Waals surface area contributed by atoms with Crippen molar-refractivity contribution in [3.63, 3.8) is 0 Å². The molecular weight excluding hydrogens is 296 g/mol. The summed E-state index contributed by atoms with van der Waals surface area (Å²) >= 11 is 1.71. The number of imidazole rings is 1. The van der Waals surface area contributed by atoms with Gasteiger partial charge in [0, 0.05) is 13.1 Å². The van der Waals surface area contributed by atoms with E-state index in [1.165, 1.54) is 0 Å². The zero-order valence-corrected chi connectivity index (χ0v) is 14.1. The molecule has 22 heavy (non-hydrogen) atoms. The first-order chi connectivity index (χ1) is 10.8. The lowest BCUT2D eigenvalue weighted by Gasteiger charge is -2.10. The van der Waals surface area contributed by atoms with Crippen molar-refractivity contribution in [2.75, 3.05) is 25.9 Å². The van der Waals surface area contributed by atoms with Gasteiger partial charge < -0.3 is 15.2 Å². The Balaban J connectivity index is 2.00. The summed E-state index contributed by atoms with van der Waals surface area (Å²) < 4.78 is 2.01. The van der Waals surface area contributed by atoms with Crippen molar-refractivity contribution >= 4 is 28.7 Å². The molecule has 0 aliphatic rings. The molecule has 5 nitrogen and oxygen atoms in total. The molecule has 1 amide bonds. The maximum absolute atomic E-state index is 12.1. The SMILES string of the molecule is CCCNCCNC(=O)Cn1c(CSC)nc2ccccc21. The van der Waals surface area contributed by atoms with E-state index in [9.17, 15) is 4.79 Å². The predicted molar refractivity (Wildman–Crippen MR) is 93.1 cm³/mol. The van der Waals surface area contributed by atoms with Gasteiger partial charge in [-0.2, -0.15) is 11.8 Å². The molecule has 1 aromatic carbocycles. The molecule has 6 heteroatoms. The van der Waals surface area contributed by atoms with Crippen molar-refractivity contribution in [2.45, 2.75) is 25.6 Å². The first kappa shape index (κ1) is 16.8. The number of amides is 1. The fraction of sp³-hybridized carbons (Fsp3) is 0.500. The van der Waals surface area contributed by atoms with Crippen molar-refractivity contribution in [1.82, 2.24) is 20.2 Å². The number of carbonyl (C=O) groups excluding carboxylic acids is 1. The number of nitrogens with one attached hydrogen (secondary N) is 2. The van der Waals surface area contributed by atoms with Crippen LogP contribution in [0, 0.1) is 0 Å². The monoisotopic (exact) mass is 320 g/mol. The third kappa shape index (κ3) is 4.48. The first-order valence-electron chi connectivity index (χ1n) is 7.66. The molecule has 0 aliphatic carbocycles. The number of para-hydroxylation sites is 2. The minimum atomic E-state index is 0.0313. The molecule has 0 saturated heterocycles. The summed E-state index contributed by atoms with van der Waals surface area (Å²) in [6, 6.07) is 7.96. The predicted octanol–water partition coefficient (Wildman–Crippen LogP) is 2.02. The Morgan fingerprint density at radius 2 is 2.09 bits per heavy atom. The van der Waals surface area contributed by atoms with Crippen LogP contribution in [0.1, 0.15) is 19.2 Å². The second kappa shape index (κ2) is 8.80. The summed E-state index contributed by atoms with van der Waals surface area (Å²) in [6.07, 6.45) is 3.15. The van der Waals surface area contributed by atoms with E-state index in [-0.39, 0.29) is 5.91 Å². The molecule has 0 unspecified atom stereocenters. The third-order valence-electron chi connectivity index (χ3n) is 3.36. The molecule has 0 bridgehead atoms. The average molecular weight is 320 g/mol. The number of hydrogen-bond donors (Lipinski definition) is 2. The number of rotatable bonds is 9. The summed E-state index contributed by atoms with van der Waals surface area (Å²) in [5.41, 5.74) is 1.97. The van der Waals surface area contributed by atoms with Crippen LogP contribution in [-0.2, 0) is 17.1 Å². The zero-order chi connectivity index (χ0) is 15.8. The standard InChI is InChI=1S/C16H24N4OS/c1-3-8-17-9-10-18-16(21)11-20-14-7-5-4-6-13(14)19-15(20)12-22-2/h4-7,17H,3,8-12H2,1-2H3,(H,18,21). The van der Waals surface area contributed by atoms with Gasteiger partial charge in [-0.1, -0.05) is 19.1 Å². The Morgan fingerprint density at radius 1 is 1.27 bits per heavy atom. The fourth-order valence-corrected chi connectivity index (χ4v) is 2.81. The topological polar surface area (TPSA) is 58.9 Å². The first-order valence-corrected chi connectivity index (χ1v) is 9.06. The Morgan fingerprint density at radius 3 is 2.86 bits per heavy atom. The second-order valence-corrected chi connectivity index (χ2v) is 6.00. The lowest BCUT2D eigenvalue weighted by atomic mass is 10.3. The van der Waals surface area contributed by atoms with E-state index in [1.54, 1.807) is 11.8 Å². The summed E-state index contributed by atoms with van der Waals surface area (Å²) in [7, 11) is 0. The molecule has 0 spiro atoms. The molecule has 0 aliphatic heterocycles. The van der Waals surface area contributed by atoms with Gasteiger partial charge in [0.2, 0.25) is 5.91 Å². The van der Waals surface area contributed by atoms with Crippen LogP contribution >= 0.6 is 11.8 Å². The summed E-state index contributed by atoms with van der Waals surface area (Å²) in [5.74, 6) is 1.79. The molecule has 0 radical (unpaired) electrons. The van der Waals surface area contributed by atoms with Crippen molar-refractivity contribution in [3.8, 4) is 0 Å². The molecule has 1 aromatic heterocycles. The van der Waals surface area contributed by atoms with Crippen LogP contribution in [0.3, 0.4) is 0 Å². The fourth-order valence-electron chi connectivity index (χ4n) is 2.33. The summed E-state index contributed by atoms with van der Waals surface area (Å²) in [5, 5.41) is 6.23. The number of hydrogen-bond acceptors (Lipinski definition) is 4. The van der Waals surface area contributed by atoms with E-state index in [0.717, 1.165) is 42.1 Å². The van der Waals surface area contributed by atoms with Gasteiger partial charge in [0.1, 0.15) is 12.4 Å². The Hall–Kier alpha value is -1.53. The minimum Gasteiger partial charge on any atom is -0.353 e. The second-order valence-electron chi connectivity index (χ2n) is 5.14. The lowest BCUT2D eigenvalue weighted by molar-refractivity contribution is -0.121. The highest BCUT2D eigenvalue weighted by Crippen LogP contribution is 2.18. The van der Waals surface area contributed by atoms with Crippen molar-refractivity contribution in [3.05, 3.63) is 30.1 Å². The molecule has 2 N–H and O–H groups in total. The average Bonchev–Trinajstić information content (AvgIpc) is 2.85. The van der Waals surface area contributed by atoms with Crippen LogP contribution in [0.2, 0.25) is 0 Å². The number of benzene rings is 1. The highest BCUT2D eigenvalue weighted by molar-refractivity contribution is 7.97. The molecule has 2 rings (SSSR count). The Kier molecular flexibility index (Phi) is 6.74. The van der Waals surface area contributed by atoms with Gasteiger partial charge in [-0.3, -0.25) is 4.79 Å². The van der Waals surface area contributed by atoms with Crippen LogP contribution in [0.25, 0.3) is 11.0 Å². The number of nitrogens with zero attached hydrogens (tertiary/aromatic N) is 2. The van der Waals surface area contributed by atoms with E-state index in [2.05, 4.69) is 22.5 Å². The highest BCUT2D eigenvalue weighted by Gasteiger charge is 2.12. The van der Waals surface area contributed by atoms with Crippen LogP contribution in [0.5, 0.6) is 0 Å². The lowest BCUT2D eigenvalue weighted by Crippen LogP contribution is -2.34. The van der Waals surface area contributed by atoms with Crippen LogP contribution < -0.4 is 10.6 Å². The van der Waals surface area contributed by atoms with Gasteiger partial charge in [0.05, 0.1) is 16.8 Å². The summed E-state index contributed by atoms with van der Waals surface area (Å²) in [4.78, 5) is 16.8. The van der Waals surface area contributed by atoms with Gasteiger partial charge >= 0.3 is 0 Å². The number of carbonyl (C=O) groups is 1. The zero-order valence-electron chi connectivity index (χ0n) is 13.3. The van der Waals surface area contributed by atoms with Gasteiger partial charge in [-0.05, 0) is 31.4 Å². The van der Waals surface area contributed by atoms with Gasteiger partial charge in [-0.25, -0.2) is 4.98 Å². The summed E-state index contributed by atoms with van der Waals surface area (Å²) in [6.45, 7) is 4.90. The quantitative estimate of drug-likeness (QED) is 0.694. The van der Waals surface area contributed by atoms with Gasteiger partial charge in [0.15, 0.2) is 0 Å². The highest BCUT2D eigenvalue weighted by atomic mass is 32.2.